The summed E-state index contributed by atoms with van der Waals surface area (Å²) < 4.78 is 6.16. The molecule has 0 radical (unpaired) electrons. The second-order valence-electron chi connectivity index (χ2n) is 2.64. The molecule has 1 aromatic carbocycles. The van der Waals surface area contributed by atoms with Crippen molar-refractivity contribution in [1.29, 1.82) is 0 Å². The van der Waals surface area contributed by atoms with Crippen molar-refractivity contribution < 1.29 is 9.84 Å². The lowest BCUT2D eigenvalue weighted by Gasteiger charge is -1.99. The van der Waals surface area contributed by atoms with Crippen molar-refractivity contribution in [2.75, 3.05) is 7.11 Å². The maximum atomic E-state index is 9.39. The molecule has 0 aliphatic carbocycles. The number of benzene rings is 1. The Morgan fingerprint density at radius 1 is 1.46 bits per heavy atom. The first-order valence-electron chi connectivity index (χ1n) is 3.69. The molecular formula is C9H8O2S2. The molecule has 2 aromatic rings. The van der Waals surface area contributed by atoms with Crippen LogP contribution in [0, 0.1) is 0 Å². The molecule has 0 fully saturated rings. The molecule has 13 heavy (non-hydrogen) atoms. The molecule has 0 unspecified atom stereocenters. The van der Waals surface area contributed by atoms with Gasteiger partial charge in [0.05, 0.1) is 7.11 Å². The van der Waals surface area contributed by atoms with Crippen molar-refractivity contribution in [3.8, 4) is 11.5 Å². The summed E-state index contributed by atoms with van der Waals surface area (Å²) in [5.41, 5.74) is 0. The van der Waals surface area contributed by atoms with E-state index in [9.17, 15) is 5.11 Å². The summed E-state index contributed by atoms with van der Waals surface area (Å²) in [5, 5.41) is 12.3. The Bertz CT molecular complexity index is 448. The largest absolute Gasteiger partial charge is 0.507 e. The third-order valence-electron chi connectivity index (χ3n) is 1.86. The van der Waals surface area contributed by atoms with E-state index in [1.165, 1.54) is 0 Å². The van der Waals surface area contributed by atoms with E-state index in [-0.39, 0.29) is 5.75 Å². The van der Waals surface area contributed by atoms with Gasteiger partial charge in [0.15, 0.2) is 0 Å². The Hall–Kier alpha value is -0.870. The van der Waals surface area contributed by atoms with Gasteiger partial charge >= 0.3 is 0 Å². The molecule has 1 N–H and O–H groups in total. The van der Waals surface area contributed by atoms with Crippen LogP contribution < -0.4 is 4.74 Å². The minimum Gasteiger partial charge on any atom is -0.507 e. The molecule has 68 valence electrons. The van der Waals surface area contributed by atoms with Crippen LogP contribution in [0.25, 0.3) is 10.1 Å². The Balaban J connectivity index is 2.77. The zero-order valence-corrected chi connectivity index (χ0v) is 8.65. The number of thiol groups is 1. The normalized spacial score (nSPS) is 10.6. The molecule has 4 heteroatoms. The van der Waals surface area contributed by atoms with E-state index in [0.29, 0.717) is 4.90 Å². The molecule has 1 heterocycles. The second kappa shape index (κ2) is 3.12. The number of phenolic OH excluding ortho intramolecular Hbond substituents is 1. The molecule has 0 aliphatic rings. The van der Waals surface area contributed by atoms with Crippen molar-refractivity contribution in [3.63, 3.8) is 0 Å². The van der Waals surface area contributed by atoms with Crippen molar-refractivity contribution in [2.24, 2.45) is 0 Å². The lowest BCUT2D eigenvalue weighted by molar-refractivity contribution is 0.421. The summed E-state index contributed by atoms with van der Waals surface area (Å²) in [6.07, 6.45) is 0. The van der Waals surface area contributed by atoms with Crippen molar-refractivity contribution in [2.45, 2.75) is 4.90 Å². The molecule has 0 bridgehead atoms. The first-order chi connectivity index (χ1) is 6.22. The van der Waals surface area contributed by atoms with Gasteiger partial charge < -0.3 is 9.84 Å². The number of ether oxygens (including phenoxy) is 1. The summed E-state index contributed by atoms with van der Waals surface area (Å²) in [4.78, 5) is 0.573. The molecule has 2 rings (SSSR count). The van der Waals surface area contributed by atoms with Crippen LogP contribution in [0.4, 0.5) is 0 Å². The number of rotatable bonds is 1. The molecule has 0 saturated heterocycles. The number of hydrogen-bond donors (Lipinski definition) is 2. The highest BCUT2D eigenvalue weighted by atomic mass is 32.1. The van der Waals surface area contributed by atoms with Gasteiger partial charge in [0, 0.05) is 20.4 Å². The van der Waals surface area contributed by atoms with Gasteiger partial charge in [0.25, 0.3) is 0 Å². The number of thiophene rings is 1. The lowest BCUT2D eigenvalue weighted by Crippen LogP contribution is -1.79. The van der Waals surface area contributed by atoms with Crippen LogP contribution >= 0.6 is 24.0 Å². The smallest absolute Gasteiger partial charge is 0.137 e. The van der Waals surface area contributed by atoms with Crippen LogP contribution in [0.5, 0.6) is 11.5 Å². The lowest BCUT2D eigenvalue weighted by atomic mass is 10.2. The maximum absolute atomic E-state index is 9.39. The molecule has 1 aromatic heterocycles. The predicted molar refractivity (Wildman–Crippen MR) is 57.3 cm³/mol. The minimum absolute atomic E-state index is 0.209. The average molecular weight is 212 g/mol. The van der Waals surface area contributed by atoms with Gasteiger partial charge in [-0.2, -0.15) is 0 Å². The van der Waals surface area contributed by atoms with E-state index in [4.69, 9.17) is 4.74 Å². The first kappa shape index (κ1) is 8.72. The SMILES string of the molecule is COc1csc2cc(O)c(S)cc12. The Kier molecular flexibility index (Phi) is 2.09. The highest BCUT2D eigenvalue weighted by molar-refractivity contribution is 7.80. The predicted octanol–water partition coefficient (Wildman–Crippen LogP) is 2.90. The number of fused-ring (bicyclic) bond motifs is 1. The maximum Gasteiger partial charge on any atom is 0.137 e. The fraction of sp³-hybridized carbons (Fsp3) is 0.111. The van der Waals surface area contributed by atoms with Crippen LogP contribution in [-0.2, 0) is 0 Å². The number of aromatic hydroxyl groups is 1. The molecule has 0 aliphatic heterocycles. The van der Waals surface area contributed by atoms with Gasteiger partial charge in [-0.05, 0) is 12.1 Å². The zero-order chi connectivity index (χ0) is 9.42. The average Bonchev–Trinajstić information content (AvgIpc) is 2.48. The minimum atomic E-state index is 0.209. The summed E-state index contributed by atoms with van der Waals surface area (Å²) in [5.74, 6) is 1.04. The van der Waals surface area contributed by atoms with E-state index in [0.717, 1.165) is 15.8 Å². The molecule has 0 spiro atoms. The molecule has 0 amide bonds. The molecular weight excluding hydrogens is 204 g/mol. The Labute approximate surface area is 85.2 Å². The molecule has 0 saturated carbocycles. The topological polar surface area (TPSA) is 29.5 Å². The number of phenols is 1. The monoisotopic (exact) mass is 212 g/mol. The van der Waals surface area contributed by atoms with Gasteiger partial charge in [-0.15, -0.1) is 24.0 Å². The Morgan fingerprint density at radius 3 is 2.92 bits per heavy atom. The highest BCUT2D eigenvalue weighted by Crippen LogP contribution is 2.37. The third-order valence-corrected chi connectivity index (χ3v) is 3.14. The van der Waals surface area contributed by atoms with E-state index in [1.54, 1.807) is 24.5 Å². The van der Waals surface area contributed by atoms with E-state index >= 15 is 0 Å². The van der Waals surface area contributed by atoms with Crippen molar-refractivity contribution in [3.05, 3.63) is 17.5 Å². The van der Waals surface area contributed by atoms with E-state index < -0.39 is 0 Å². The third kappa shape index (κ3) is 1.36. The summed E-state index contributed by atoms with van der Waals surface area (Å²) in [7, 11) is 1.63. The van der Waals surface area contributed by atoms with E-state index in [1.807, 2.05) is 11.4 Å². The number of methoxy groups -OCH3 is 1. The van der Waals surface area contributed by atoms with Crippen molar-refractivity contribution in [1.82, 2.24) is 0 Å². The second-order valence-corrected chi connectivity index (χ2v) is 4.03. The van der Waals surface area contributed by atoms with Crippen LogP contribution in [0.2, 0.25) is 0 Å². The van der Waals surface area contributed by atoms with Gasteiger partial charge in [-0.1, -0.05) is 0 Å². The summed E-state index contributed by atoms with van der Waals surface area (Å²) in [6, 6.07) is 3.51. The fourth-order valence-corrected chi connectivity index (χ4v) is 2.30. The van der Waals surface area contributed by atoms with Gasteiger partial charge in [-0.3, -0.25) is 0 Å². The van der Waals surface area contributed by atoms with Gasteiger partial charge in [0.2, 0.25) is 0 Å². The van der Waals surface area contributed by atoms with Crippen LogP contribution in [0.3, 0.4) is 0 Å². The Morgan fingerprint density at radius 2 is 2.23 bits per heavy atom. The standard InChI is InChI=1S/C9H8O2S2/c1-11-7-4-13-9-3-6(10)8(12)2-5(7)9/h2-4,10,12H,1H3. The van der Waals surface area contributed by atoms with Crippen molar-refractivity contribution >= 4 is 34.1 Å². The first-order valence-corrected chi connectivity index (χ1v) is 5.02. The van der Waals surface area contributed by atoms with Gasteiger partial charge in [0.1, 0.15) is 11.5 Å². The number of hydrogen-bond acceptors (Lipinski definition) is 4. The van der Waals surface area contributed by atoms with Crippen LogP contribution in [-0.4, -0.2) is 12.2 Å². The highest BCUT2D eigenvalue weighted by Gasteiger charge is 2.07. The van der Waals surface area contributed by atoms with Crippen LogP contribution in [0.1, 0.15) is 0 Å². The fourth-order valence-electron chi connectivity index (χ4n) is 1.19. The summed E-state index contributed by atoms with van der Waals surface area (Å²) in [6.45, 7) is 0. The van der Waals surface area contributed by atoms with Gasteiger partial charge in [-0.25, -0.2) is 0 Å². The molecule has 2 nitrogen and oxygen atoms in total. The molecule has 0 atom stereocenters. The zero-order valence-electron chi connectivity index (χ0n) is 6.94. The summed E-state index contributed by atoms with van der Waals surface area (Å²) >= 11 is 5.68. The van der Waals surface area contributed by atoms with E-state index in [2.05, 4.69) is 12.6 Å². The quantitative estimate of drug-likeness (QED) is 0.712. The van der Waals surface area contributed by atoms with Crippen LogP contribution in [0.15, 0.2) is 22.4 Å².